The molecule has 0 saturated carbocycles. The first-order chi connectivity index (χ1) is 15.9. The number of ether oxygens (including phenoxy) is 1. The van der Waals surface area contributed by atoms with Gasteiger partial charge in [0, 0.05) is 12.2 Å². The number of fused-ring (bicyclic) bond motifs is 1. The average molecular weight is 458 g/mol. The number of likely N-dealkylation sites (tertiary alicyclic amines) is 1. The van der Waals surface area contributed by atoms with E-state index in [1.165, 1.54) is 4.90 Å². The highest BCUT2D eigenvalue weighted by molar-refractivity contribution is 6.02. The van der Waals surface area contributed by atoms with Crippen LogP contribution in [0, 0.1) is 17.8 Å². The molecule has 1 aromatic rings. The summed E-state index contributed by atoms with van der Waals surface area (Å²) in [5.41, 5.74) is -0.384. The molecule has 3 heterocycles. The number of aliphatic hydroxyl groups excluding tert-OH is 1. The van der Waals surface area contributed by atoms with Crippen LogP contribution in [0.2, 0.25) is 0 Å². The first-order valence-electron chi connectivity index (χ1n) is 12.1. The molecule has 33 heavy (non-hydrogen) atoms. The normalized spacial score (nSPS) is 31.1. The Kier molecular flexibility index (Phi) is 6.77. The molecular weight excluding hydrogens is 422 g/mol. The monoisotopic (exact) mass is 457 g/mol. The van der Waals surface area contributed by atoms with Gasteiger partial charge in [-0.1, -0.05) is 45.4 Å². The summed E-state index contributed by atoms with van der Waals surface area (Å²) in [6, 6.07) is 7.76. The summed E-state index contributed by atoms with van der Waals surface area (Å²) in [5, 5.41) is 16.0. The molecule has 2 unspecified atom stereocenters. The summed E-state index contributed by atoms with van der Waals surface area (Å²) < 4.78 is 6.40. The molecule has 3 aliphatic rings. The molecule has 3 fully saturated rings. The summed E-state index contributed by atoms with van der Waals surface area (Å²) >= 11 is 0. The first kappa shape index (κ1) is 23.7. The summed E-state index contributed by atoms with van der Waals surface area (Å²) in [7, 11) is 0. The molecule has 3 amide bonds. The van der Waals surface area contributed by atoms with E-state index in [0.717, 1.165) is 12.8 Å². The van der Waals surface area contributed by atoms with Gasteiger partial charge in [-0.15, -0.1) is 0 Å². The molecule has 3 N–H and O–H groups in total. The van der Waals surface area contributed by atoms with Gasteiger partial charge in [0.1, 0.15) is 11.6 Å². The second-order valence-electron chi connectivity index (χ2n) is 9.80. The van der Waals surface area contributed by atoms with Crippen molar-refractivity contribution in [2.45, 2.75) is 70.2 Å². The van der Waals surface area contributed by atoms with Crippen LogP contribution in [0.25, 0.3) is 0 Å². The number of amides is 3. The minimum atomic E-state index is -1.04. The Hall–Kier alpha value is -2.45. The van der Waals surface area contributed by atoms with Gasteiger partial charge in [0.05, 0.1) is 30.6 Å². The Balaban J connectivity index is 1.68. The Morgan fingerprint density at radius 2 is 1.97 bits per heavy atom. The highest BCUT2D eigenvalue weighted by Crippen LogP contribution is 2.59. The summed E-state index contributed by atoms with van der Waals surface area (Å²) in [5.74, 6) is -2.27. The minimum absolute atomic E-state index is 0.0612. The van der Waals surface area contributed by atoms with Gasteiger partial charge in [-0.2, -0.15) is 0 Å². The molecule has 0 radical (unpaired) electrons. The van der Waals surface area contributed by atoms with Gasteiger partial charge in [-0.25, -0.2) is 0 Å². The highest BCUT2D eigenvalue weighted by Gasteiger charge is 2.75. The predicted octanol–water partition coefficient (Wildman–Crippen LogP) is 1.93. The third-order valence-corrected chi connectivity index (χ3v) is 7.47. The van der Waals surface area contributed by atoms with Gasteiger partial charge in [0.25, 0.3) is 0 Å². The molecule has 3 saturated heterocycles. The lowest BCUT2D eigenvalue weighted by molar-refractivity contribution is -0.146. The molecule has 8 heteroatoms. The van der Waals surface area contributed by atoms with Gasteiger partial charge in [0.2, 0.25) is 17.7 Å². The fourth-order valence-corrected chi connectivity index (χ4v) is 5.90. The van der Waals surface area contributed by atoms with E-state index in [4.69, 9.17) is 4.74 Å². The van der Waals surface area contributed by atoms with Crippen molar-refractivity contribution in [3.63, 3.8) is 0 Å². The molecule has 4 rings (SSSR count). The second kappa shape index (κ2) is 9.43. The zero-order valence-electron chi connectivity index (χ0n) is 19.6. The van der Waals surface area contributed by atoms with E-state index in [2.05, 4.69) is 10.6 Å². The largest absolute Gasteiger partial charge is 0.394 e. The van der Waals surface area contributed by atoms with Gasteiger partial charge in [-0.05, 0) is 37.3 Å². The zero-order valence-corrected chi connectivity index (χ0v) is 19.6. The Morgan fingerprint density at radius 1 is 1.24 bits per heavy atom. The van der Waals surface area contributed by atoms with Crippen molar-refractivity contribution in [3.05, 3.63) is 30.3 Å². The molecule has 1 aromatic carbocycles. The maximum absolute atomic E-state index is 13.9. The number of benzene rings is 1. The van der Waals surface area contributed by atoms with Crippen molar-refractivity contribution >= 4 is 23.4 Å². The van der Waals surface area contributed by atoms with E-state index in [0.29, 0.717) is 25.1 Å². The van der Waals surface area contributed by atoms with E-state index < -0.39 is 35.6 Å². The first-order valence-corrected chi connectivity index (χ1v) is 12.1. The van der Waals surface area contributed by atoms with Crippen LogP contribution in [-0.2, 0) is 19.1 Å². The quantitative estimate of drug-likeness (QED) is 0.491. The second-order valence-corrected chi connectivity index (χ2v) is 9.80. The lowest BCUT2D eigenvalue weighted by Gasteiger charge is -2.38. The van der Waals surface area contributed by atoms with Crippen molar-refractivity contribution in [2.24, 2.45) is 17.8 Å². The van der Waals surface area contributed by atoms with Crippen molar-refractivity contribution in [1.82, 2.24) is 10.2 Å². The van der Waals surface area contributed by atoms with Crippen LogP contribution >= 0.6 is 0 Å². The number of anilines is 1. The van der Waals surface area contributed by atoms with Gasteiger partial charge in [-0.3, -0.25) is 14.4 Å². The maximum Gasteiger partial charge on any atom is 0.245 e. The number of carbonyl (C=O) groups excluding carboxylic acids is 3. The molecule has 180 valence electrons. The fraction of sp³-hybridized carbons (Fsp3) is 0.640. The Bertz CT molecular complexity index is 891. The Morgan fingerprint density at radius 3 is 2.61 bits per heavy atom. The van der Waals surface area contributed by atoms with Gasteiger partial charge >= 0.3 is 0 Å². The van der Waals surface area contributed by atoms with Crippen LogP contribution in [0.5, 0.6) is 0 Å². The van der Waals surface area contributed by atoms with Crippen molar-refractivity contribution in [1.29, 1.82) is 0 Å². The number of para-hydroxylation sites is 1. The number of hydrogen-bond acceptors (Lipinski definition) is 5. The predicted molar refractivity (Wildman–Crippen MR) is 123 cm³/mol. The lowest BCUT2D eigenvalue weighted by atomic mass is 9.70. The number of hydrogen-bond donors (Lipinski definition) is 3. The molecule has 0 aromatic heterocycles. The van der Waals surface area contributed by atoms with E-state index in [1.54, 1.807) is 12.1 Å². The molecule has 8 nitrogen and oxygen atoms in total. The topological polar surface area (TPSA) is 108 Å². The summed E-state index contributed by atoms with van der Waals surface area (Å²) in [6.45, 7) is 6.15. The molecule has 1 spiro atoms. The fourth-order valence-electron chi connectivity index (χ4n) is 5.90. The van der Waals surface area contributed by atoms with Crippen LogP contribution in [0.1, 0.15) is 46.5 Å². The van der Waals surface area contributed by atoms with Crippen molar-refractivity contribution < 1.29 is 24.2 Å². The van der Waals surface area contributed by atoms with E-state index in [9.17, 15) is 19.5 Å². The van der Waals surface area contributed by atoms with Crippen LogP contribution in [-0.4, -0.2) is 64.7 Å². The Labute approximate surface area is 195 Å². The van der Waals surface area contributed by atoms with Crippen molar-refractivity contribution in [3.8, 4) is 0 Å². The van der Waals surface area contributed by atoms with Gasteiger partial charge < -0.3 is 25.4 Å². The molecule has 6 atom stereocenters. The smallest absolute Gasteiger partial charge is 0.245 e. The van der Waals surface area contributed by atoms with Crippen LogP contribution < -0.4 is 10.6 Å². The van der Waals surface area contributed by atoms with Crippen molar-refractivity contribution in [2.75, 3.05) is 18.5 Å². The summed E-state index contributed by atoms with van der Waals surface area (Å²) in [4.78, 5) is 42.2. The van der Waals surface area contributed by atoms with Crippen LogP contribution in [0.4, 0.5) is 5.69 Å². The summed E-state index contributed by atoms with van der Waals surface area (Å²) in [6.07, 6.45) is 2.54. The van der Waals surface area contributed by atoms with Crippen LogP contribution in [0.3, 0.4) is 0 Å². The number of rotatable bonds is 9. The number of carbonyl (C=O) groups is 3. The SMILES string of the molecule is CCCCNC(=O)C1N([C@@H](CO)C(C)C)C(=O)[C@@H]2[C@@H](C(=O)Nc3ccccc3)[C@H]3CCC12O3. The third kappa shape index (κ3) is 3.93. The standard InChI is InChI=1S/C25H35N3O5/c1-4-5-13-26-23(31)21-25-12-11-18(33-25)19(22(30)27-16-9-7-6-8-10-16)20(25)24(32)28(21)17(14-29)15(2)3/h6-10,15,17-21,29H,4-5,11-14H2,1-3H3,(H,26,31)(H,27,30)/t17-,18+,19-,20-,21?,25?/m0/s1. The van der Waals surface area contributed by atoms with Crippen LogP contribution in [0.15, 0.2) is 30.3 Å². The zero-order chi connectivity index (χ0) is 23.8. The molecule has 2 bridgehead atoms. The number of aliphatic hydroxyl groups is 1. The lowest BCUT2D eigenvalue weighted by Crippen LogP contribution is -2.59. The average Bonchev–Trinajstić information content (AvgIpc) is 3.43. The highest BCUT2D eigenvalue weighted by atomic mass is 16.5. The number of nitrogens with one attached hydrogen (secondary N) is 2. The van der Waals surface area contributed by atoms with E-state index in [1.807, 2.05) is 39.0 Å². The maximum atomic E-state index is 13.9. The van der Waals surface area contributed by atoms with E-state index in [-0.39, 0.29) is 30.2 Å². The van der Waals surface area contributed by atoms with Gasteiger partial charge in [0.15, 0.2) is 0 Å². The number of unbranched alkanes of at least 4 members (excludes halogenated alkanes) is 1. The third-order valence-electron chi connectivity index (χ3n) is 7.47. The molecular formula is C25H35N3O5. The van der Waals surface area contributed by atoms with E-state index >= 15 is 0 Å². The molecule has 0 aliphatic carbocycles. The minimum Gasteiger partial charge on any atom is -0.394 e. The molecule has 3 aliphatic heterocycles. The number of nitrogens with zero attached hydrogens (tertiary/aromatic N) is 1.